The van der Waals surface area contributed by atoms with E-state index < -0.39 is 11.9 Å². The molecule has 3 amide bonds. The van der Waals surface area contributed by atoms with Gasteiger partial charge in [0.15, 0.2) is 5.16 Å². The fourth-order valence-corrected chi connectivity index (χ4v) is 3.11. The number of thioether (sulfide) groups is 1. The largest absolute Gasteiger partial charge is 0.396 e. The fourth-order valence-electron chi connectivity index (χ4n) is 2.29. The summed E-state index contributed by atoms with van der Waals surface area (Å²) in [7, 11) is 1.51. The van der Waals surface area contributed by atoms with Gasteiger partial charge in [0, 0.05) is 26.8 Å². The van der Waals surface area contributed by atoms with Crippen molar-refractivity contribution in [3.8, 4) is 0 Å². The van der Waals surface area contributed by atoms with Gasteiger partial charge in [-0.2, -0.15) is 0 Å². The van der Waals surface area contributed by atoms with E-state index in [9.17, 15) is 14.4 Å². The summed E-state index contributed by atoms with van der Waals surface area (Å²) in [5.41, 5.74) is 0.303. The van der Waals surface area contributed by atoms with E-state index in [1.54, 1.807) is 24.3 Å². The predicted octanol–water partition coefficient (Wildman–Crippen LogP) is 0.343. The van der Waals surface area contributed by atoms with Gasteiger partial charge in [-0.1, -0.05) is 23.9 Å². The quantitative estimate of drug-likeness (QED) is 0.318. The molecule has 10 heteroatoms. The van der Waals surface area contributed by atoms with Crippen molar-refractivity contribution in [2.75, 3.05) is 32.6 Å². The summed E-state index contributed by atoms with van der Waals surface area (Å²) in [6, 6.07) is 6.33. The molecular formula is C17H22N4O5S. The minimum absolute atomic E-state index is 0.0640. The lowest BCUT2D eigenvalue weighted by Gasteiger charge is -2.12. The number of rotatable bonds is 9. The van der Waals surface area contributed by atoms with E-state index in [0.29, 0.717) is 29.1 Å². The maximum Gasteiger partial charge on any atom is 0.321 e. The normalized spacial score (nSPS) is 10.7. The van der Waals surface area contributed by atoms with E-state index in [-0.39, 0.29) is 31.0 Å². The number of urea groups is 1. The van der Waals surface area contributed by atoms with Crippen LogP contribution in [0.15, 0.2) is 34.2 Å². The number of nitrogens with zero attached hydrogens (tertiary/aromatic N) is 2. The molecule has 3 N–H and O–H groups in total. The average Bonchev–Trinajstić information content (AvgIpc) is 2.66. The summed E-state index contributed by atoms with van der Waals surface area (Å²) in [6.45, 7) is 0.852. The number of hydrogen-bond donors (Lipinski definition) is 3. The van der Waals surface area contributed by atoms with Crippen molar-refractivity contribution in [1.82, 2.24) is 20.2 Å². The van der Waals surface area contributed by atoms with Crippen LogP contribution in [0.4, 0.5) is 4.79 Å². The Hall–Kier alpha value is -2.43. The van der Waals surface area contributed by atoms with E-state index >= 15 is 0 Å². The van der Waals surface area contributed by atoms with Crippen molar-refractivity contribution >= 4 is 34.6 Å². The highest BCUT2D eigenvalue weighted by molar-refractivity contribution is 7.99. The molecule has 0 bridgehead atoms. The first-order valence-corrected chi connectivity index (χ1v) is 9.35. The zero-order chi connectivity index (χ0) is 19.6. The summed E-state index contributed by atoms with van der Waals surface area (Å²) < 4.78 is 6.24. The van der Waals surface area contributed by atoms with Crippen LogP contribution in [-0.4, -0.2) is 59.2 Å². The number of aliphatic hydroxyl groups excluding tert-OH is 1. The number of ether oxygens (including phenoxy) is 1. The molecule has 1 aromatic carbocycles. The van der Waals surface area contributed by atoms with Gasteiger partial charge in [-0.25, -0.2) is 9.78 Å². The standard InChI is InChI=1S/C17H22N4O5S/c1-26-10-7-18-16(25)20-14(23)11-27-17-19-13-6-3-2-5-12(13)15(24)21(17)8-4-9-22/h2-3,5-6,22H,4,7-11H2,1H3,(H2,18,20,23,25). The Morgan fingerprint density at radius 3 is 2.85 bits per heavy atom. The number of aliphatic hydroxyl groups is 1. The summed E-state index contributed by atoms with van der Waals surface area (Å²) >= 11 is 1.06. The van der Waals surface area contributed by atoms with E-state index in [1.165, 1.54) is 11.7 Å². The lowest BCUT2D eigenvalue weighted by molar-refractivity contribution is -0.117. The zero-order valence-electron chi connectivity index (χ0n) is 14.9. The third kappa shape index (κ3) is 6.05. The predicted molar refractivity (Wildman–Crippen MR) is 102 cm³/mol. The number of hydrogen-bond acceptors (Lipinski definition) is 7. The van der Waals surface area contributed by atoms with Crippen molar-refractivity contribution < 1.29 is 19.4 Å². The van der Waals surface area contributed by atoms with Crippen molar-refractivity contribution in [1.29, 1.82) is 0 Å². The van der Waals surface area contributed by atoms with Crippen LogP contribution >= 0.6 is 11.8 Å². The van der Waals surface area contributed by atoms with E-state index in [1.807, 2.05) is 0 Å². The Kier molecular flexibility index (Phi) is 8.24. The number of nitrogens with one attached hydrogen (secondary N) is 2. The molecule has 146 valence electrons. The number of fused-ring (bicyclic) bond motifs is 1. The second kappa shape index (κ2) is 10.7. The number of methoxy groups -OCH3 is 1. The van der Waals surface area contributed by atoms with Gasteiger partial charge in [0.05, 0.1) is 23.3 Å². The molecule has 0 spiro atoms. The Morgan fingerprint density at radius 2 is 2.11 bits per heavy atom. The molecule has 0 saturated carbocycles. The molecule has 0 aliphatic rings. The van der Waals surface area contributed by atoms with E-state index in [4.69, 9.17) is 9.84 Å². The number of carbonyl (C=O) groups excluding carboxylic acids is 2. The Balaban J connectivity index is 2.09. The van der Waals surface area contributed by atoms with Crippen LogP contribution in [0, 0.1) is 0 Å². The second-order valence-electron chi connectivity index (χ2n) is 5.53. The van der Waals surface area contributed by atoms with Gasteiger partial charge in [0.25, 0.3) is 5.56 Å². The van der Waals surface area contributed by atoms with Crippen molar-refractivity contribution in [3.63, 3.8) is 0 Å². The van der Waals surface area contributed by atoms with Gasteiger partial charge < -0.3 is 15.2 Å². The Labute approximate surface area is 160 Å². The second-order valence-corrected chi connectivity index (χ2v) is 6.47. The van der Waals surface area contributed by atoms with Gasteiger partial charge in [-0.3, -0.25) is 19.5 Å². The molecule has 1 aromatic heterocycles. The van der Waals surface area contributed by atoms with Crippen LogP contribution in [0.3, 0.4) is 0 Å². The summed E-state index contributed by atoms with van der Waals surface area (Å²) in [5.74, 6) is -0.590. The van der Waals surface area contributed by atoms with Gasteiger partial charge in [-0.15, -0.1) is 0 Å². The highest BCUT2D eigenvalue weighted by atomic mass is 32.2. The van der Waals surface area contributed by atoms with Crippen molar-refractivity contribution in [3.05, 3.63) is 34.6 Å². The van der Waals surface area contributed by atoms with Gasteiger partial charge >= 0.3 is 6.03 Å². The molecule has 0 saturated heterocycles. The first-order chi connectivity index (χ1) is 13.1. The number of aromatic nitrogens is 2. The molecule has 1 heterocycles. The molecule has 0 fully saturated rings. The summed E-state index contributed by atoms with van der Waals surface area (Å²) in [5, 5.41) is 14.6. The fraction of sp³-hybridized carbons (Fsp3) is 0.412. The van der Waals surface area contributed by atoms with Crippen LogP contribution < -0.4 is 16.2 Å². The smallest absolute Gasteiger partial charge is 0.321 e. The Morgan fingerprint density at radius 1 is 1.33 bits per heavy atom. The maximum absolute atomic E-state index is 12.7. The first-order valence-electron chi connectivity index (χ1n) is 8.36. The van der Waals surface area contributed by atoms with Crippen LogP contribution in [0.1, 0.15) is 6.42 Å². The number of carbonyl (C=O) groups is 2. The van der Waals surface area contributed by atoms with Gasteiger partial charge in [0.2, 0.25) is 5.91 Å². The third-order valence-corrected chi connectivity index (χ3v) is 4.52. The third-order valence-electron chi connectivity index (χ3n) is 3.54. The van der Waals surface area contributed by atoms with Crippen LogP contribution in [0.2, 0.25) is 0 Å². The zero-order valence-corrected chi connectivity index (χ0v) is 15.8. The number of amides is 3. The maximum atomic E-state index is 12.7. The minimum atomic E-state index is -0.609. The minimum Gasteiger partial charge on any atom is -0.396 e. The molecule has 2 rings (SSSR count). The van der Waals surface area contributed by atoms with Gasteiger partial charge in [0.1, 0.15) is 0 Å². The highest BCUT2D eigenvalue weighted by Crippen LogP contribution is 2.17. The highest BCUT2D eigenvalue weighted by Gasteiger charge is 2.14. The molecule has 0 radical (unpaired) electrons. The van der Waals surface area contributed by atoms with Crippen molar-refractivity contribution in [2.24, 2.45) is 0 Å². The summed E-state index contributed by atoms with van der Waals surface area (Å²) in [4.78, 5) is 40.6. The molecule has 0 aliphatic heterocycles. The lowest BCUT2D eigenvalue weighted by atomic mass is 10.2. The molecule has 0 aliphatic carbocycles. The molecule has 27 heavy (non-hydrogen) atoms. The van der Waals surface area contributed by atoms with Crippen LogP contribution in [0.25, 0.3) is 10.9 Å². The summed E-state index contributed by atoms with van der Waals surface area (Å²) in [6.07, 6.45) is 0.390. The van der Waals surface area contributed by atoms with Crippen molar-refractivity contribution in [2.45, 2.75) is 18.1 Å². The molecule has 0 unspecified atom stereocenters. The Bertz CT molecular complexity index is 855. The molecular weight excluding hydrogens is 372 g/mol. The number of imide groups is 1. The van der Waals surface area contributed by atoms with Gasteiger partial charge in [-0.05, 0) is 18.6 Å². The first kappa shape index (κ1) is 20.9. The average molecular weight is 394 g/mol. The monoisotopic (exact) mass is 394 g/mol. The van der Waals surface area contributed by atoms with Crippen LogP contribution in [0.5, 0.6) is 0 Å². The van der Waals surface area contributed by atoms with Crippen LogP contribution in [-0.2, 0) is 16.1 Å². The van der Waals surface area contributed by atoms with E-state index in [2.05, 4.69) is 15.6 Å². The van der Waals surface area contributed by atoms with E-state index in [0.717, 1.165) is 11.8 Å². The molecule has 9 nitrogen and oxygen atoms in total. The lowest BCUT2D eigenvalue weighted by Crippen LogP contribution is -2.41. The molecule has 2 aromatic rings. The number of benzene rings is 1. The number of para-hydroxylation sites is 1. The topological polar surface area (TPSA) is 123 Å². The SMILES string of the molecule is COCCNC(=O)NC(=O)CSc1nc2ccccc2c(=O)n1CCCO. The molecule has 0 atom stereocenters.